The maximum absolute atomic E-state index is 13.5. The molecule has 0 unspecified atom stereocenters. The molecule has 0 bridgehead atoms. The number of piperidine rings is 1. The molecule has 1 aliphatic heterocycles. The van der Waals surface area contributed by atoms with E-state index in [9.17, 15) is 9.18 Å². The Balaban J connectivity index is 1.29. The van der Waals surface area contributed by atoms with Crippen LogP contribution in [-0.4, -0.2) is 28.9 Å². The first-order chi connectivity index (χ1) is 17.4. The van der Waals surface area contributed by atoms with Crippen molar-refractivity contribution < 1.29 is 9.18 Å². The van der Waals surface area contributed by atoms with Gasteiger partial charge >= 0.3 is 0 Å². The zero-order chi connectivity index (χ0) is 25.1. The van der Waals surface area contributed by atoms with E-state index in [0.29, 0.717) is 11.7 Å². The molecule has 0 spiro atoms. The minimum atomic E-state index is -0.208. The lowest BCUT2D eigenvalue weighted by atomic mass is 9.95. The molecule has 0 atom stereocenters. The number of likely N-dealkylation sites (tertiary alicyclic amines) is 1. The summed E-state index contributed by atoms with van der Waals surface area (Å²) in [6, 6.07) is 23.5. The van der Waals surface area contributed by atoms with Crippen LogP contribution in [0.5, 0.6) is 0 Å². The fraction of sp³-hybridized carbons (Fsp3) is 0.267. The van der Waals surface area contributed by atoms with Crippen molar-refractivity contribution in [3.63, 3.8) is 0 Å². The monoisotopic (exact) mass is 499 g/mol. The molecule has 3 aromatic carbocycles. The van der Waals surface area contributed by atoms with Crippen molar-refractivity contribution in [1.82, 2.24) is 9.88 Å². The van der Waals surface area contributed by atoms with Crippen LogP contribution in [0.25, 0.3) is 21.7 Å². The summed E-state index contributed by atoms with van der Waals surface area (Å²) in [5.41, 5.74) is 6.40. The Labute approximate surface area is 215 Å². The summed E-state index contributed by atoms with van der Waals surface area (Å²) < 4.78 is 13.5. The van der Waals surface area contributed by atoms with Gasteiger partial charge in [0.1, 0.15) is 5.82 Å². The van der Waals surface area contributed by atoms with Crippen LogP contribution in [0.15, 0.2) is 72.8 Å². The third-order valence-corrected chi connectivity index (χ3v) is 7.77. The van der Waals surface area contributed by atoms with Gasteiger partial charge < -0.3 is 5.32 Å². The maximum Gasteiger partial charge on any atom is 0.229 e. The van der Waals surface area contributed by atoms with Crippen LogP contribution < -0.4 is 5.32 Å². The lowest BCUT2D eigenvalue weighted by Gasteiger charge is -2.31. The van der Waals surface area contributed by atoms with Gasteiger partial charge in [-0.1, -0.05) is 83.1 Å². The molecule has 0 radical (unpaired) electrons. The molecule has 5 rings (SSSR count). The van der Waals surface area contributed by atoms with Crippen molar-refractivity contribution in [2.75, 3.05) is 18.4 Å². The zero-order valence-corrected chi connectivity index (χ0v) is 21.4. The number of hydrogen-bond acceptors (Lipinski definition) is 4. The van der Waals surface area contributed by atoms with E-state index >= 15 is 0 Å². The van der Waals surface area contributed by atoms with E-state index in [1.54, 1.807) is 12.1 Å². The Bertz CT molecular complexity index is 1280. The number of nitrogens with one attached hydrogen (secondary N) is 1. The summed E-state index contributed by atoms with van der Waals surface area (Å²) in [5.74, 6) is -0.233. The molecule has 1 fully saturated rings. The highest BCUT2D eigenvalue weighted by Crippen LogP contribution is 2.39. The van der Waals surface area contributed by atoms with Crippen molar-refractivity contribution in [2.24, 2.45) is 5.92 Å². The minimum Gasteiger partial charge on any atom is -0.302 e. The molecule has 1 saturated heterocycles. The summed E-state index contributed by atoms with van der Waals surface area (Å²) in [4.78, 5) is 21.4. The molecule has 0 saturated carbocycles. The van der Waals surface area contributed by atoms with Gasteiger partial charge in [0.05, 0.1) is 10.6 Å². The van der Waals surface area contributed by atoms with Gasteiger partial charge in [0, 0.05) is 18.0 Å². The van der Waals surface area contributed by atoms with E-state index < -0.39 is 0 Å². The van der Waals surface area contributed by atoms with E-state index in [1.807, 2.05) is 6.07 Å². The molecule has 4 aromatic rings. The van der Waals surface area contributed by atoms with Gasteiger partial charge in [-0.15, -0.1) is 0 Å². The molecule has 1 N–H and O–H groups in total. The molecule has 1 aliphatic rings. The van der Waals surface area contributed by atoms with Gasteiger partial charge in [-0.25, -0.2) is 9.37 Å². The minimum absolute atomic E-state index is 0.0278. The highest BCUT2D eigenvalue weighted by Gasteiger charge is 2.26. The van der Waals surface area contributed by atoms with Gasteiger partial charge in [-0.2, -0.15) is 0 Å². The first-order valence-corrected chi connectivity index (χ1v) is 13.2. The van der Waals surface area contributed by atoms with Crippen LogP contribution in [0.4, 0.5) is 9.52 Å². The predicted octanol–water partition coefficient (Wildman–Crippen LogP) is 7.08. The Kier molecular flexibility index (Phi) is 7.25. The number of carbonyl (C=O) groups excluding carboxylic acids is 1. The van der Waals surface area contributed by atoms with Gasteiger partial charge in [-0.3, -0.25) is 9.69 Å². The Hall–Kier alpha value is -3.35. The third kappa shape index (κ3) is 5.72. The molecule has 2 heterocycles. The number of anilines is 1. The van der Waals surface area contributed by atoms with Crippen molar-refractivity contribution in [3.8, 4) is 21.7 Å². The number of aromatic nitrogens is 1. The Morgan fingerprint density at radius 2 is 1.61 bits per heavy atom. The van der Waals surface area contributed by atoms with Crippen LogP contribution in [0.2, 0.25) is 0 Å². The second-order valence-electron chi connectivity index (χ2n) is 9.60. The van der Waals surface area contributed by atoms with Crippen LogP contribution in [0.1, 0.15) is 29.5 Å². The molecule has 4 nitrogen and oxygen atoms in total. The van der Waals surface area contributed by atoms with Gasteiger partial charge in [0.25, 0.3) is 0 Å². The SMILES string of the molecule is Cc1ccc(-c2nc(NC(=O)C3CCN(Cc4cccc(F)c4)CC3)sc2-c2ccc(C)cc2)cc1. The third-order valence-electron chi connectivity index (χ3n) is 6.75. The molecule has 1 aromatic heterocycles. The van der Waals surface area contributed by atoms with E-state index in [1.165, 1.54) is 28.5 Å². The number of benzene rings is 3. The first-order valence-electron chi connectivity index (χ1n) is 12.4. The van der Waals surface area contributed by atoms with Crippen molar-refractivity contribution >= 4 is 22.4 Å². The normalized spacial score (nSPS) is 14.6. The maximum atomic E-state index is 13.5. The smallest absolute Gasteiger partial charge is 0.229 e. The number of rotatable bonds is 6. The fourth-order valence-corrected chi connectivity index (χ4v) is 5.63. The van der Waals surface area contributed by atoms with E-state index in [0.717, 1.165) is 53.2 Å². The fourth-order valence-electron chi connectivity index (χ4n) is 4.64. The average molecular weight is 500 g/mol. The summed E-state index contributed by atoms with van der Waals surface area (Å²) in [7, 11) is 0. The lowest BCUT2D eigenvalue weighted by molar-refractivity contribution is -0.121. The molecule has 184 valence electrons. The van der Waals surface area contributed by atoms with Gasteiger partial charge in [0.2, 0.25) is 5.91 Å². The van der Waals surface area contributed by atoms with E-state index in [-0.39, 0.29) is 17.6 Å². The summed E-state index contributed by atoms with van der Waals surface area (Å²) >= 11 is 1.52. The topological polar surface area (TPSA) is 45.2 Å². The lowest BCUT2D eigenvalue weighted by Crippen LogP contribution is -2.37. The quantitative estimate of drug-likeness (QED) is 0.308. The van der Waals surface area contributed by atoms with Gasteiger partial charge in [0.15, 0.2) is 5.13 Å². The average Bonchev–Trinajstić information content (AvgIpc) is 3.29. The number of hydrogen-bond donors (Lipinski definition) is 1. The summed E-state index contributed by atoms with van der Waals surface area (Å²) in [6.07, 6.45) is 1.56. The number of thiazole rings is 1. The second-order valence-corrected chi connectivity index (χ2v) is 10.6. The standard InChI is InChI=1S/C30H30FN3OS/c1-20-6-10-23(11-7-20)27-28(24-12-8-21(2)9-13-24)36-30(32-27)33-29(35)25-14-16-34(17-15-25)19-22-4-3-5-26(31)18-22/h3-13,18,25H,14-17,19H2,1-2H3,(H,32,33,35). The molecule has 6 heteroatoms. The summed E-state index contributed by atoms with van der Waals surface area (Å²) in [5, 5.41) is 3.74. The van der Waals surface area contributed by atoms with Gasteiger partial charge in [-0.05, 0) is 63.0 Å². The highest BCUT2D eigenvalue weighted by atomic mass is 32.1. The van der Waals surface area contributed by atoms with Crippen molar-refractivity contribution in [3.05, 3.63) is 95.3 Å². The first kappa shape index (κ1) is 24.3. The van der Waals surface area contributed by atoms with Crippen LogP contribution in [0.3, 0.4) is 0 Å². The van der Waals surface area contributed by atoms with E-state index in [2.05, 4.69) is 72.6 Å². The number of halogens is 1. The predicted molar refractivity (Wildman–Crippen MR) is 145 cm³/mol. The Morgan fingerprint density at radius 3 is 2.25 bits per heavy atom. The molecule has 36 heavy (non-hydrogen) atoms. The molecular formula is C30H30FN3OS. The highest BCUT2D eigenvalue weighted by molar-refractivity contribution is 7.19. The number of nitrogens with zero attached hydrogens (tertiary/aromatic N) is 2. The van der Waals surface area contributed by atoms with Crippen molar-refractivity contribution in [2.45, 2.75) is 33.2 Å². The van der Waals surface area contributed by atoms with Crippen LogP contribution in [0, 0.1) is 25.6 Å². The molecule has 0 aliphatic carbocycles. The van der Waals surface area contributed by atoms with Crippen molar-refractivity contribution in [1.29, 1.82) is 0 Å². The summed E-state index contributed by atoms with van der Waals surface area (Å²) in [6.45, 7) is 6.48. The Morgan fingerprint density at radius 1 is 0.972 bits per heavy atom. The van der Waals surface area contributed by atoms with Crippen LogP contribution in [-0.2, 0) is 11.3 Å². The second kappa shape index (κ2) is 10.7. The number of carbonyl (C=O) groups is 1. The zero-order valence-electron chi connectivity index (χ0n) is 20.6. The largest absolute Gasteiger partial charge is 0.302 e. The molecule has 1 amide bonds. The molecular weight excluding hydrogens is 469 g/mol. The van der Waals surface area contributed by atoms with E-state index in [4.69, 9.17) is 4.98 Å². The van der Waals surface area contributed by atoms with Crippen LogP contribution >= 0.6 is 11.3 Å². The number of amides is 1. The number of aryl methyl sites for hydroxylation is 2.